The fourth-order valence-corrected chi connectivity index (χ4v) is 1.21. The van der Waals surface area contributed by atoms with Crippen LogP contribution in [-0.2, 0) is 6.42 Å². The van der Waals surface area contributed by atoms with Gasteiger partial charge in [0.25, 0.3) is 0 Å². The Bertz CT molecular complexity index is 268. The highest BCUT2D eigenvalue weighted by Crippen LogP contribution is 2.03. The first-order valence-electron chi connectivity index (χ1n) is 4.36. The highest BCUT2D eigenvalue weighted by Gasteiger charge is 2.03. The Morgan fingerprint density at radius 3 is 3.00 bits per heavy atom. The number of nitrogens with zero attached hydrogens (tertiary/aromatic N) is 2. The minimum Gasteiger partial charge on any atom is -0.348 e. The molecule has 4 heteroatoms. The van der Waals surface area contributed by atoms with Crippen LogP contribution in [0.2, 0.25) is 0 Å². The van der Waals surface area contributed by atoms with Gasteiger partial charge in [-0.15, -0.1) is 0 Å². The number of nitrogens with one attached hydrogen (secondary N) is 1. The molecule has 0 bridgehead atoms. The Kier molecular flexibility index (Phi) is 3.64. The molecule has 1 rings (SSSR count). The Morgan fingerprint density at radius 1 is 1.62 bits per heavy atom. The zero-order valence-corrected chi connectivity index (χ0v) is 8.08. The molecule has 1 aromatic heterocycles. The number of aryl methyl sites for hydroxylation is 1. The molecule has 13 heavy (non-hydrogen) atoms. The number of carbonyl (C=O) groups excluding carboxylic acids is 1. The van der Waals surface area contributed by atoms with Crippen molar-refractivity contribution in [1.82, 2.24) is 14.9 Å². The molecule has 0 fully saturated rings. The molecule has 0 aromatic carbocycles. The average molecular weight is 181 g/mol. The summed E-state index contributed by atoms with van der Waals surface area (Å²) in [6.07, 6.45) is 4.28. The van der Waals surface area contributed by atoms with E-state index in [-0.39, 0.29) is 0 Å². The van der Waals surface area contributed by atoms with Crippen LogP contribution in [0, 0.1) is 0 Å². The number of rotatable bonds is 5. The summed E-state index contributed by atoms with van der Waals surface area (Å²) in [6, 6.07) is 0. The average Bonchev–Trinajstić information content (AvgIpc) is 2.51. The first kappa shape index (κ1) is 9.92. The van der Waals surface area contributed by atoms with Crippen LogP contribution in [0.25, 0.3) is 0 Å². The summed E-state index contributed by atoms with van der Waals surface area (Å²) in [5.41, 5.74) is 1.48. The molecule has 1 heterocycles. The van der Waals surface area contributed by atoms with E-state index in [2.05, 4.69) is 14.9 Å². The van der Waals surface area contributed by atoms with Gasteiger partial charge in [0.2, 0.25) is 0 Å². The van der Waals surface area contributed by atoms with Gasteiger partial charge in [0.15, 0.2) is 6.29 Å². The summed E-state index contributed by atoms with van der Waals surface area (Å²) in [4.78, 5) is 19.5. The van der Waals surface area contributed by atoms with Gasteiger partial charge in [0.05, 0.1) is 6.33 Å². The molecule has 0 saturated carbocycles. The molecule has 0 spiro atoms. The molecule has 4 nitrogen and oxygen atoms in total. The number of H-pyrrole nitrogens is 1. The van der Waals surface area contributed by atoms with Crippen LogP contribution in [0.1, 0.15) is 22.6 Å². The van der Waals surface area contributed by atoms with Crippen molar-refractivity contribution in [1.29, 1.82) is 0 Å². The molecular weight excluding hydrogens is 166 g/mol. The largest absolute Gasteiger partial charge is 0.348 e. The van der Waals surface area contributed by atoms with Crippen molar-refractivity contribution >= 4 is 6.29 Å². The van der Waals surface area contributed by atoms with Gasteiger partial charge >= 0.3 is 0 Å². The highest BCUT2D eigenvalue weighted by atomic mass is 16.1. The zero-order valence-electron chi connectivity index (χ0n) is 8.08. The second-order valence-corrected chi connectivity index (χ2v) is 3.29. The van der Waals surface area contributed by atoms with Gasteiger partial charge in [-0.1, -0.05) is 0 Å². The van der Waals surface area contributed by atoms with Gasteiger partial charge in [0.1, 0.15) is 5.69 Å². The second-order valence-electron chi connectivity index (χ2n) is 3.29. The Balaban J connectivity index is 2.40. The summed E-state index contributed by atoms with van der Waals surface area (Å²) in [5.74, 6) is 0. The predicted molar refractivity (Wildman–Crippen MR) is 50.9 cm³/mol. The lowest BCUT2D eigenvalue weighted by molar-refractivity contribution is 0.111. The van der Waals surface area contributed by atoms with E-state index < -0.39 is 0 Å². The minimum absolute atomic E-state index is 0.541. The van der Waals surface area contributed by atoms with Crippen LogP contribution < -0.4 is 0 Å². The summed E-state index contributed by atoms with van der Waals surface area (Å²) < 4.78 is 0. The van der Waals surface area contributed by atoms with Crippen LogP contribution >= 0.6 is 0 Å². The maximum atomic E-state index is 10.5. The molecular formula is C9H15N3O. The van der Waals surface area contributed by atoms with Crippen molar-refractivity contribution in [2.75, 3.05) is 20.6 Å². The third-order valence-corrected chi connectivity index (χ3v) is 1.90. The number of carbonyl (C=O) groups is 1. The quantitative estimate of drug-likeness (QED) is 0.681. The predicted octanol–water partition coefficient (Wildman–Crippen LogP) is 0.716. The van der Waals surface area contributed by atoms with Gasteiger partial charge in [0, 0.05) is 5.69 Å². The molecule has 0 atom stereocenters. The van der Waals surface area contributed by atoms with Crippen LogP contribution in [0.5, 0.6) is 0 Å². The summed E-state index contributed by atoms with van der Waals surface area (Å²) >= 11 is 0. The summed E-state index contributed by atoms with van der Waals surface area (Å²) in [5, 5.41) is 0. The van der Waals surface area contributed by atoms with Crippen molar-refractivity contribution in [2.45, 2.75) is 12.8 Å². The van der Waals surface area contributed by atoms with Gasteiger partial charge < -0.3 is 9.88 Å². The molecule has 0 aliphatic carbocycles. The smallest absolute Gasteiger partial charge is 0.170 e. The van der Waals surface area contributed by atoms with E-state index in [9.17, 15) is 4.79 Å². The third kappa shape index (κ3) is 2.99. The van der Waals surface area contributed by atoms with Crippen molar-refractivity contribution < 1.29 is 4.79 Å². The first-order valence-corrected chi connectivity index (χ1v) is 4.36. The van der Waals surface area contributed by atoms with Crippen molar-refractivity contribution in [3.8, 4) is 0 Å². The summed E-state index contributed by atoms with van der Waals surface area (Å²) in [7, 11) is 4.07. The first-order chi connectivity index (χ1) is 6.24. The number of hydrogen-bond donors (Lipinski definition) is 1. The number of aromatic nitrogens is 2. The van der Waals surface area contributed by atoms with Crippen LogP contribution in [0.3, 0.4) is 0 Å². The zero-order chi connectivity index (χ0) is 9.68. The molecule has 0 amide bonds. The maximum Gasteiger partial charge on any atom is 0.170 e. The van der Waals surface area contributed by atoms with Crippen LogP contribution in [0.4, 0.5) is 0 Å². The topological polar surface area (TPSA) is 49.0 Å². The molecule has 0 saturated heterocycles. The molecule has 72 valence electrons. The fraction of sp³-hybridized carbons (Fsp3) is 0.556. The minimum atomic E-state index is 0.541. The second kappa shape index (κ2) is 4.77. The van der Waals surface area contributed by atoms with Crippen molar-refractivity contribution in [3.05, 3.63) is 17.7 Å². The molecule has 1 N–H and O–H groups in total. The lowest BCUT2D eigenvalue weighted by Gasteiger charge is -2.07. The number of aromatic amines is 1. The number of aldehydes is 1. The Morgan fingerprint density at radius 2 is 2.38 bits per heavy atom. The fourth-order valence-electron chi connectivity index (χ4n) is 1.21. The maximum absolute atomic E-state index is 10.5. The van der Waals surface area contributed by atoms with Crippen molar-refractivity contribution in [2.24, 2.45) is 0 Å². The molecule has 0 radical (unpaired) electrons. The lowest BCUT2D eigenvalue weighted by Crippen LogP contribution is -2.13. The molecule has 0 aliphatic heterocycles. The van der Waals surface area contributed by atoms with E-state index >= 15 is 0 Å². The molecule has 0 unspecified atom stereocenters. The van der Waals surface area contributed by atoms with Gasteiger partial charge in [-0.25, -0.2) is 4.98 Å². The SMILES string of the molecule is CN(C)CCCc1[nH]cnc1C=O. The monoisotopic (exact) mass is 181 g/mol. The van der Waals surface area contributed by atoms with E-state index in [1.54, 1.807) is 6.33 Å². The van der Waals surface area contributed by atoms with E-state index in [0.29, 0.717) is 5.69 Å². The number of imidazole rings is 1. The normalized spacial score (nSPS) is 10.7. The molecule has 1 aromatic rings. The van der Waals surface area contributed by atoms with E-state index in [1.165, 1.54) is 0 Å². The van der Waals surface area contributed by atoms with Crippen LogP contribution in [0.15, 0.2) is 6.33 Å². The third-order valence-electron chi connectivity index (χ3n) is 1.90. The lowest BCUT2D eigenvalue weighted by atomic mass is 10.2. The number of hydrogen-bond acceptors (Lipinski definition) is 3. The highest BCUT2D eigenvalue weighted by molar-refractivity contribution is 5.73. The van der Waals surface area contributed by atoms with Gasteiger partial charge in [-0.05, 0) is 33.5 Å². The van der Waals surface area contributed by atoms with E-state index in [4.69, 9.17) is 0 Å². The van der Waals surface area contributed by atoms with Crippen molar-refractivity contribution in [3.63, 3.8) is 0 Å². The van der Waals surface area contributed by atoms with Gasteiger partial charge in [-0.3, -0.25) is 4.79 Å². The van der Waals surface area contributed by atoms with E-state index in [0.717, 1.165) is 31.4 Å². The molecule has 0 aliphatic rings. The Hall–Kier alpha value is -1.16. The van der Waals surface area contributed by atoms with E-state index in [1.807, 2.05) is 14.1 Å². The summed E-state index contributed by atoms with van der Waals surface area (Å²) in [6.45, 7) is 1.03. The van der Waals surface area contributed by atoms with Gasteiger partial charge in [-0.2, -0.15) is 0 Å². The standard InChI is InChI=1S/C9H15N3O/c1-12(2)5-3-4-8-9(6-13)11-7-10-8/h6-7H,3-5H2,1-2H3,(H,10,11). The Labute approximate surface area is 78.0 Å². The van der Waals surface area contributed by atoms with Crippen LogP contribution in [-0.4, -0.2) is 41.8 Å².